The normalized spacial score (nSPS) is 13.7. The molecule has 1 aliphatic carbocycles. The Kier molecular flexibility index (Phi) is 4.44. The molecule has 0 aliphatic heterocycles. The second-order valence-corrected chi connectivity index (χ2v) is 7.51. The fourth-order valence-corrected chi connectivity index (χ4v) is 3.93. The summed E-state index contributed by atoms with van der Waals surface area (Å²) in [6, 6.07) is 5.03. The molecule has 1 saturated carbocycles. The zero-order valence-corrected chi connectivity index (χ0v) is 16.2. The van der Waals surface area contributed by atoms with Gasteiger partial charge < -0.3 is 14.9 Å². The molecule has 0 bridgehead atoms. The minimum absolute atomic E-state index is 0.000493. The number of pyridine rings is 1. The molecule has 0 unspecified atom stereocenters. The maximum absolute atomic E-state index is 13.0. The number of rotatable bonds is 3. The summed E-state index contributed by atoms with van der Waals surface area (Å²) in [6.45, 7) is 1.77. The van der Waals surface area contributed by atoms with Crippen LogP contribution >= 0.6 is 23.2 Å². The second kappa shape index (κ2) is 6.68. The third-order valence-corrected chi connectivity index (χ3v) is 5.28. The molecule has 2 heterocycles. The molecular formula is C19H15Cl2N3O4. The summed E-state index contributed by atoms with van der Waals surface area (Å²) >= 11 is 11.9. The SMILES string of the molecule is Cc1c(C(=O)C(=O)N=c2c(Cl)cn(O)cc2Cl)c2cc(O)ccc2n1C1CC1. The van der Waals surface area contributed by atoms with Crippen molar-refractivity contribution in [3.63, 3.8) is 0 Å². The number of hydrogen-bond donors (Lipinski definition) is 2. The van der Waals surface area contributed by atoms with Crippen LogP contribution in [-0.2, 0) is 4.79 Å². The maximum atomic E-state index is 13.0. The molecule has 28 heavy (non-hydrogen) atoms. The number of fused-ring (bicyclic) bond motifs is 1. The molecule has 7 nitrogen and oxygen atoms in total. The first-order valence-corrected chi connectivity index (χ1v) is 9.27. The predicted molar refractivity (Wildman–Crippen MR) is 103 cm³/mol. The number of amides is 1. The molecular weight excluding hydrogens is 405 g/mol. The van der Waals surface area contributed by atoms with Crippen molar-refractivity contribution in [2.45, 2.75) is 25.8 Å². The molecule has 3 aromatic rings. The number of aromatic nitrogens is 2. The zero-order valence-electron chi connectivity index (χ0n) is 14.7. The molecule has 0 radical (unpaired) electrons. The van der Waals surface area contributed by atoms with E-state index in [9.17, 15) is 19.9 Å². The number of phenols is 1. The first-order chi connectivity index (χ1) is 13.3. The first kappa shape index (κ1) is 18.6. The highest BCUT2D eigenvalue weighted by Gasteiger charge is 2.32. The van der Waals surface area contributed by atoms with Crippen LogP contribution < -0.4 is 5.36 Å². The summed E-state index contributed by atoms with van der Waals surface area (Å²) in [5.74, 6) is -1.86. The summed E-state index contributed by atoms with van der Waals surface area (Å²) < 4.78 is 2.65. The van der Waals surface area contributed by atoms with Crippen molar-refractivity contribution in [1.82, 2.24) is 9.30 Å². The van der Waals surface area contributed by atoms with Crippen molar-refractivity contribution in [3.8, 4) is 5.75 Å². The largest absolute Gasteiger partial charge is 0.508 e. The van der Waals surface area contributed by atoms with E-state index in [4.69, 9.17) is 23.2 Å². The minimum atomic E-state index is -1.04. The third kappa shape index (κ3) is 3.06. The topological polar surface area (TPSA) is 96.8 Å². The van der Waals surface area contributed by atoms with Crippen molar-refractivity contribution in [3.05, 3.63) is 57.3 Å². The fourth-order valence-electron chi connectivity index (χ4n) is 3.39. The van der Waals surface area contributed by atoms with Crippen LogP contribution in [0.25, 0.3) is 10.9 Å². The van der Waals surface area contributed by atoms with Gasteiger partial charge in [0.25, 0.3) is 5.78 Å². The number of nitrogens with zero attached hydrogens (tertiary/aromatic N) is 3. The van der Waals surface area contributed by atoms with Crippen molar-refractivity contribution in [1.29, 1.82) is 0 Å². The summed E-state index contributed by atoms with van der Waals surface area (Å²) in [6.07, 6.45) is 4.19. The van der Waals surface area contributed by atoms with Crippen molar-refractivity contribution in [2.75, 3.05) is 0 Å². The molecule has 9 heteroatoms. The van der Waals surface area contributed by atoms with Crippen LogP contribution in [0, 0.1) is 6.92 Å². The highest BCUT2D eigenvalue weighted by Crippen LogP contribution is 2.42. The molecule has 4 rings (SSSR count). The Balaban J connectivity index is 1.86. The number of hydrogen-bond acceptors (Lipinski definition) is 4. The van der Waals surface area contributed by atoms with Gasteiger partial charge in [-0.25, -0.2) is 4.99 Å². The van der Waals surface area contributed by atoms with Gasteiger partial charge in [-0.2, -0.15) is 4.73 Å². The zero-order chi connectivity index (χ0) is 20.2. The fraction of sp³-hybridized carbons (Fsp3) is 0.211. The molecule has 1 aromatic carbocycles. The van der Waals surface area contributed by atoms with E-state index in [1.54, 1.807) is 19.1 Å². The highest BCUT2D eigenvalue weighted by molar-refractivity contribution is 6.46. The van der Waals surface area contributed by atoms with Crippen LogP contribution in [0.5, 0.6) is 5.75 Å². The lowest BCUT2D eigenvalue weighted by Crippen LogP contribution is -2.19. The second-order valence-electron chi connectivity index (χ2n) is 6.69. The summed E-state index contributed by atoms with van der Waals surface area (Å²) in [5, 5.41) is 19.5. The maximum Gasteiger partial charge on any atom is 0.318 e. The van der Waals surface area contributed by atoms with Gasteiger partial charge in [-0.15, -0.1) is 0 Å². The summed E-state index contributed by atoms with van der Waals surface area (Å²) in [7, 11) is 0. The molecule has 0 saturated heterocycles. The van der Waals surface area contributed by atoms with Gasteiger partial charge in [0.1, 0.15) is 11.1 Å². The number of carbonyl (C=O) groups is 2. The Morgan fingerprint density at radius 2 is 1.82 bits per heavy atom. The molecule has 2 aromatic heterocycles. The van der Waals surface area contributed by atoms with Gasteiger partial charge in [0, 0.05) is 22.6 Å². The molecule has 0 atom stereocenters. The van der Waals surface area contributed by atoms with Gasteiger partial charge in [0.05, 0.1) is 28.0 Å². The van der Waals surface area contributed by atoms with Crippen LogP contribution in [0.2, 0.25) is 10.0 Å². The van der Waals surface area contributed by atoms with Gasteiger partial charge in [0.15, 0.2) is 0 Å². The van der Waals surface area contributed by atoms with E-state index in [1.807, 2.05) is 4.57 Å². The van der Waals surface area contributed by atoms with Gasteiger partial charge >= 0.3 is 5.91 Å². The molecule has 1 fully saturated rings. The number of Topliss-reactive ketones (excluding diaryl/α,β-unsaturated/α-hetero) is 1. The first-order valence-electron chi connectivity index (χ1n) is 8.51. The lowest BCUT2D eigenvalue weighted by atomic mass is 10.1. The Morgan fingerprint density at radius 1 is 1.18 bits per heavy atom. The summed E-state index contributed by atoms with van der Waals surface area (Å²) in [5.41, 5.74) is 1.63. The number of carbonyl (C=O) groups excluding carboxylic acids is 2. The number of phenolic OH excluding ortho intramolecular Hbond substituents is 1. The van der Waals surface area contributed by atoms with E-state index in [2.05, 4.69) is 4.99 Å². The van der Waals surface area contributed by atoms with Crippen LogP contribution in [0.3, 0.4) is 0 Å². The number of ketones is 1. The van der Waals surface area contributed by atoms with Crippen LogP contribution in [0.15, 0.2) is 35.6 Å². The third-order valence-electron chi connectivity index (χ3n) is 4.72. The van der Waals surface area contributed by atoms with E-state index in [1.165, 1.54) is 6.07 Å². The monoisotopic (exact) mass is 419 g/mol. The van der Waals surface area contributed by atoms with E-state index >= 15 is 0 Å². The highest BCUT2D eigenvalue weighted by atomic mass is 35.5. The quantitative estimate of drug-likeness (QED) is 0.384. The van der Waals surface area contributed by atoms with Gasteiger partial charge in [0.2, 0.25) is 0 Å². The van der Waals surface area contributed by atoms with Crippen LogP contribution in [0.1, 0.15) is 34.9 Å². The van der Waals surface area contributed by atoms with Gasteiger partial charge in [-0.3, -0.25) is 9.59 Å². The number of benzene rings is 1. The van der Waals surface area contributed by atoms with Gasteiger partial charge in [-0.1, -0.05) is 23.2 Å². The number of halogens is 2. The lowest BCUT2D eigenvalue weighted by Gasteiger charge is -2.06. The van der Waals surface area contributed by atoms with E-state index in [-0.39, 0.29) is 32.8 Å². The molecule has 144 valence electrons. The van der Waals surface area contributed by atoms with E-state index in [0.29, 0.717) is 15.8 Å². The predicted octanol–water partition coefficient (Wildman–Crippen LogP) is 3.65. The summed E-state index contributed by atoms with van der Waals surface area (Å²) in [4.78, 5) is 29.3. The van der Waals surface area contributed by atoms with Crippen LogP contribution in [-0.4, -0.2) is 31.3 Å². The average Bonchev–Trinajstić information content (AvgIpc) is 3.40. The standard InChI is InChI=1S/C19H15Cl2N3O4/c1-9-16(12-6-11(25)4-5-15(12)24(9)10-2-3-10)18(26)19(27)22-17-13(20)7-23(28)8-14(17)21/h4-8,10,25,28H,2-3H2,1H3. The average molecular weight is 420 g/mol. The minimum Gasteiger partial charge on any atom is -0.508 e. The molecule has 1 amide bonds. The van der Waals surface area contributed by atoms with Crippen molar-refractivity contribution >= 4 is 45.8 Å². The Morgan fingerprint density at radius 3 is 2.43 bits per heavy atom. The molecule has 2 N–H and O–H groups in total. The van der Waals surface area contributed by atoms with E-state index < -0.39 is 11.7 Å². The van der Waals surface area contributed by atoms with Gasteiger partial charge in [-0.05, 0) is 38.0 Å². The van der Waals surface area contributed by atoms with Crippen molar-refractivity contribution in [2.24, 2.45) is 4.99 Å². The lowest BCUT2D eigenvalue weighted by molar-refractivity contribution is -0.114. The molecule has 0 spiro atoms. The van der Waals surface area contributed by atoms with E-state index in [0.717, 1.165) is 30.8 Å². The van der Waals surface area contributed by atoms with Crippen LogP contribution in [0.4, 0.5) is 0 Å². The number of aromatic hydroxyl groups is 1. The Labute approximate surface area is 169 Å². The molecule has 1 aliphatic rings. The Hall–Kier alpha value is -2.77. The van der Waals surface area contributed by atoms with Crippen molar-refractivity contribution < 1.29 is 19.9 Å². The smallest absolute Gasteiger partial charge is 0.318 e. The Bertz CT molecular complexity index is 1200.